The van der Waals surface area contributed by atoms with Crippen LogP contribution in [0.25, 0.3) is 10.9 Å². The van der Waals surface area contributed by atoms with Gasteiger partial charge in [-0.15, -0.1) is 0 Å². The van der Waals surface area contributed by atoms with Gasteiger partial charge in [0, 0.05) is 35.6 Å². The number of nitrogens with zero attached hydrogens (tertiary/aromatic N) is 1. The summed E-state index contributed by atoms with van der Waals surface area (Å²) in [6.07, 6.45) is 2.67. The zero-order valence-corrected chi connectivity index (χ0v) is 11.9. The first-order chi connectivity index (χ1) is 9.72. The number of benzene rings is 1. The van der Waals surface area contributed by atoms with Crippen molar-refractivity contribution in [3.05, 3.63) is 30.0 Å². The number of nitrogen functional groups attached to an aromatic ring is 1. The molecule has 1 heterocycles. The Bertz CT molecular complexity index is 608. The smallest absolute Gasteiger partial charge is 0.0727 e. The zero-order chi connectivity index (χ0) is 13.9. The van der Waals surface area contributed by atoms with Crippen LogP contribution in [0.4, 0.5) is 11.4 Å². The minimum absolute atomic E-state index is 0.738. The Hall–Kier alpha value is -1.81. The van der Waals surface area contributed by atoms with Gasteiger partial charge in [0.15, 0.2) is 0 Å². The second-order valence-corrected chi connectivity index (χ2v) is 5.53. The molecule has 3 N–H and O–H groups in total. The highest BCUT2D eigenvalue weighted by Gasteiger charge is 2.20. The van der Waals surface area contributed by atoms with Gasteiger partial charge in [0.05, 0.1) is 12.1 Å². The normalized spacial score (nSPS) is 14.7. The van der Waals surface area contributed by atoms with Crippen LogP contribution in [0.15, 0.2) is 24.3 Å². The van der Waals surface area contributed by atoms with Gasteiger partial charge < -0.3 is 15.8 Å². The van der Waals surface area contributed by atoms with Crippen molar-refractivity contribution in [3.63, 3.8) is 0 Å². The zero-order valence-electron chi connectivity index (χ0n) is 11.9. The highest BCUT2D eigenvalue weighted by Crippen LogP contribution is 2.28. The number of nitrogens with one attached hydrogen (secondary N) is 1. The molecule has 4 nitrogen and oxygen atoms in total. The lowest BCUT2D eigenvalue weighted by atomic mass is 10.1. The monoisotopic (exact) mass is 271 g/mol. The van der Waals surface area contributed by atoms with Gasteiger partial charge in [-0.25, -0.2) is 0 Å². The van der Waals surface area contributed by atoms with Crippen molar-refractivity contribution in [2.24, 2.45) is 5.92 Å². The third-order valence-electron chi connectivity index (χ3n) is 3.57. The maximum absolute atomic E-state index is 5.87. The number of hydrogen-bond acceptors (Lipinski definition) is 4. The van der Waals surface area contributed by atoms with E-state index < -0.39 is 0 Å². The van der Waals surface area contributed by atoms with Crippen LogP contribution in [0.1, 0.15) is 18.5 Å². The molecule has 0 unspecified atom stereocenters. The molecule has 0 spiro atoms. The quantitative estimate of drug-likeness (QED) is 0.626. The van der Waals surface area contributed by atoms with Gasteiger partial charge in [-0.2, -0.15) is 0 Å². The Balaban J connectivity index is 1.67. The summed E-state index contributed by atoms with van der Waals surface area (Å²) in [5.74, 6) is 0.818. The number of hydrogen-bond donors (Lipinski definition) is 2. The largest absolute Gasteiger partial charge is 0.399 e. The first-order valence-corrected chi connectivity index (χ1v) is 7.21. The van der Waals surface area contributed by atoms with Gasteiger partial charge in [-0.3, -0.25) is 4.98 Å². The first-order valence-electron chi connectivity index (χ1n) is 7.21. The SMILES string of the molecule is Cc1cc(NCCOCC2CC2)c2cc(N)ccc2n1. The van der Waals surface area contributed by atoms with E-state index in [2.05, 4.69) is 16.4 Å². The summed E-state index contributed by atoms with van der Waals surface area (Å²) in [6, 6.07) is 7.88. The molecule has 1 fully saturated rings. The van der Waals surface area contributed by atoms with E-state index in [9.17, 15) is 0 Å². The van der Waals surface area contributed by atoms with Crippen molar-refractivity contribution in [1.29, 1.82) is 0 Å². The standard InChI is InChI=1S/C16H21N3O/c1-11-8-16(18-6-7-20-10-12-2-3-12)14-9-13(17)4-5-15(14)19-11/h4-5,8-9,12H,2-3,6-7,10,17H2,1H3,(H,18,19). The van der Waals surface area contributed by atoms with Crippen LogP contribution >= 0.6 is 0 Å². The summed E-state index contributed by atoms with van der Waals surface area (Å²) in [5.41, 5.74) is 9.68. The molecule has 20 heavy (non-hydrogen) atoms. The number of fused-ring (bicyclic) bond motifs is 1. The molecule has 1 aromatic heterocycles. The van der Waals surface area contributed by atoms with Crippen LogP contribution < -0.4 is 11.1 Å². The molecule has 106 valence electrons. The lowest BCUT2D eigenvalue weighted by Crippen LogP contribution is -2.11. The Labute approximate surface area is 119 Å². The number of rotatable bonds is 6. The maximum Gasteiger partial charge on any atom is 0.0727 e. The van der Waals surface area contributed by atoms with Gasteiger partial charge in [0.2, 0.25) is 0 Å². The van der Waals surface area contributed by atoms with E-state index in [0.717, 1.165) is 53.6 Å². The molecule has 0 amide bonds. The summed E-state index contributed by atoms with van der Waals surface area (Å²) in [4.78, 5) is 4.53. The first kappa shape index (κ1) is 13.2. The average Bonchev–Trinajstić information content (AvgIpc) is 3.23. The summed E-state index contributed by atoms with van der Waals surface area (Å²) >= 11 is 0. The second kappa shape index (κ2) is 5.67. The number of nitrogens with two attached hydrogens (primary N) is 1. The van der Waals surface area contributed by atoms with E-state index in [-0.39, 0.29) is 0 Å². The van der Waals surface area contributed by atoms with Gasteiger partial charge in [-0.1, -0.05) is 0 Å². The van der Waals surface area contributed by atoms with Crippen LogP contribution in [0.3, 0.4) is 0 Å². The lowest BCUT2D eigenvalue weighted by molar-refractivity contribution is 0.134. The van der Waals surface area contributed by atoms with Crippen LogP contribution in [0, 0.1) is 12.8 Å². The summed E-state index contributed by atoms with van der Waals surface area (Å²) in [7, 11) is 0. The molecule has 0 atom stereocenters. The summed E-state index contributed by atoms with van der Waals surface area (Å²) in [6.45, 7) is 4.46. The van der Waals surface area contributed by atoms with Crippen molar-refractivity contribution < 1.29 is 4.74 Å². The maximum atomic E-state index is 5.87. The third-order valence-corrected chi connectivity index (χ3v) is 3.57. The van der Waals surface area contributed by atoms with E-state index in [4.69, 9.17) is 10.5 Å². The second-order valence-electron chi connectivity index (χ2n) is 5.53. The van der Waals surface area contributed by atoms with Crippen LogP contribution in [-0.2, 0) is 4.74 Å². The van der Waals surface area contributed by atoms with E-state index in [1.165, 1.54) is 12.8 Å². The number of aryl methyl sites for hydroxylation is 1. The number of ether oxygens (including phenoxy) is 1. The van der Waals surface area contributed by atoms with Crippen molar-refractivity contribution in [2.45, 2.75) is 19.8 Å². The molecule has 4 heteroatoms. The molecule has 0 bridgehead atoms. The Morgan fingerprint density at radius 1 is 1.35 bits per heavy atom. The van der Waals surface area contributed by atoms with Crippen molar-refractivity contribution in [2.75, 3.05) is 30.8 Å². The van der Waals surface area contributed by atoms with Crippen LogP contribution in [-0.4, -0.2) is 24.7 Å². The molecule has 1 aliphatic rings. The summed E-state index contributed by atoms with van der Waals surface area (Å²) in [5, 5.41) is 4.50. The Morgan fingerprint density at radius 3 is 3.00 bits per heavy atom. The highest BCUT2D eigenvalue weighted by atomic mass is 16.5. The van der Waals surface area contributed by atoms with E-state index in [1.54, 1.807) is 0 Å². The fourth-order valence-electron chi connectivity index (χ4n) is 2.31. The highest BCUT2D eigenvalue weighted by molar-refractivity contribution is 5.93. The molecular formula is C16H21N3O. The topological polar surface area (TPSA) is 60.2 Å². The molecule has 0 radical (unpaired) electrons. The summed E-state index contributed by atoms with van der Waals surface area (Å²) < 4.78 is 5.64. The van der Waals surface area contributed by atoms with Crippen LogP contribution in [0.2, 0.25) is 0 Å². The molecule has 2 aromatic rings. The predicted octanol–water partition coefficient (Wildman–Crippen LogP) is 2.96. The van der Waals surface area contributed by atoms with Crippen molar-refractivity contribution in [3.8, 4) is 0 Å². The number of aromatic nitrogens is 1. The minimum Gasteiger partial charge on any atom is -0.399 e. The molecule has 1 aliphatic carbocycles. The lowest BCUT2D eigenvalue weighted by Gasteiger charge is -2.11. The minimum atomic E-state index is 0.738. The Morgan fingerprint density at radius 2 is 2.20 bits per heavy atom. The molecule has 1 aromatic carbocycles. The molecule has 1 saturated carbocycles. The van der Waals surface area contributed by atoms with E-state index in [0.29, 0.717) is 0 Å². The fourth-order valence-corrected chi connectivity index (χ4v) is 2.31. The molecule has 0 saturated heterocycles. The number of anilines is 2. The van der Waals surface area contributed by atoms with Gasteiger partial charge in [0.1, 0.15) is 0 Å². The van der Waals surface area contributed by atoms with Crippen molar-refractivity contribution >= 4 is 22.3 Å². The van der Waals surface area contributed by atoms with Gasteiger partial charge in [-0.05, 0) is 49.9 Å². The number of pyridine rings is 1. The van der Waals surface area contributed by atoms with Crippen LogP contribution in [0.5, 0.6) is 0 Å². The molecule has 0 aliphatic heterocycles. The average molecular weight is 271 g/mol. The fraction of sp³-hybridized carbons (Fsp3) is 0.438. The molecule has 3 rings (SSSR count). The third kappa shape index (κ3) is 3.20. The van der Waals surface area contributed by atoms with Crippen molar-refractivity contribution in [1.82, 2.24) is 4.98 Å². The molecular weight excluding hydrogens is 250 g/mol. The van der Waals surface area contributed by atoms with E-state index >= 15 is 0 Å². The van der Waals surface area contributed by atoms with Gasteiger partial charge >= 0.3 is 0 Å². The van der Waals surface area contributed by atoms with Gasteiger partial charge in [0.25, 0.3) is 0 Å². The predicted molar refractivity (Wildman–Crippen MR) is 82.9 cm³/mol. The van der Waals surface area contributed by atoms with E-state index in [1.807, 2.05) is 25.1 Å². The Kier molecular flexibility index (Phi) is 3.74.